The zero-order valence-electron chi connectivity index (χ0n) is 34.8. The number of piperidine rings is 2. The molecule has 57 heavy (non-hydrogen) atoms. The Bertz CT molecular complexity index is 2020. The number of rotatable bonds is 7. The summed E-state index contributed by atoms with van der Waals surface area (Å²) in [6.07, 6.45) is 4.82. The van der Waals surface area contributed by atoms with Crippen molar-refractivity contribution in [3.8, 4) is 0 Å². The number of nitrogens with one attached hydrogen (secondary N) is 1. The highest BCUT2D eigenvalue weighted by molar-refractivity contribution is 7.92. The molecule has 4 aromatic carbocycles. The average molecular weight is 795 g/mol. The summed E-state index contributed by atoms with van der Waals surface area (Å²) < 4.78 is 37.7. The molecule has 1 amide bonds. The summed E-state index contributed by atoms with van der Waals surface area (Å²) in [5.41, 5.74) is 7.99. The smallest absolute Gasteiger partial charge is 0.410 e. The van der Waals surface area contributed by atoms with Crippen LogP contribution in [0.1, 0.15) is 81.2 Å². The van der Waals surface area contributed by atoms with Gasteiger partial charge in [-0.15, -0.1) is 0 Å². The van der Waals surface area contributed by atoms with Crippen LogP contribution < -0.4 is 9.62 Å². The summed E-state index contributed by atoms with van der Waals surface area (Å²) in [5.74, 6) is 0.686. The number of benzene rings is 4. The first-order valence-electron chi connectivity index (χ1n) is 20.5. The summed E-state index contributed by atoms with van der Waals surface area (Å²) in [4.78, 5) is 16.3. The van der Waals surface area contributed by atoms with E-state index in [4.69, 9.17) is 9.47 Å². The van der Waals surface area contributed by atoms with E-state index in [1.165, 1.54) is 23.1 Å². The van der Waals surface area contributed by atoms with Crippen LogP contribution in [0.15, 0.2) is 116 Å². The number of carbonyl (C=O) groups is 1. The number of nitrogens with zero attached hydrogens (tertiary/aromatic N) is 3. The minimum atomic E-state index is -3.30. The van der Waals surface area contributed by atoms with Crippen LogP contribution in [0.5, 0.6) is 0 Å². The van der Waals surface area contributed by atoms with Crippen molar-refractivity contribution in [1.82, 2.24) is 9.80 Å². The highest BCUT2D eigenvalue weighted by Crippen LogP contribution is 2.49. The van der Waals surface area contributed by atoms with Crippen molar-refractivity contribution in [2.24, 2.45) is 0 Å². The van der Waals surface area contributed by atoms with E-state index in [1.807, 2.05) is 105 Å². The van der Waals surface area contributed by atoms with Crippen molar-refractivity contribution >= 4 is 27.5 Å². The monoisotopic (exact) mass is 794 g/mol. The fourth-order valence-corrected chi connectivity index (χ4v) is 9.31. The van der Waals surface area contributed by atoms with E-state index in [-0.39, 0.29) is 16.9 Å². The minimum Gasteiger partial charge on any atom is -0.475 e. The number of ether oxygens (including phenoxy) is 2. The van der Waals surface area contributed by atoms with E-state index in [9.17, 15) is 13.2 Å². The molecule has 4 aliphatic heterocycles. The molecule has 0 aliphatic carbocycles. The first-order chi connectivity index (χ1) is 27.6. The van der Waals surface area contributed by atoms with Crippen molar-refractivity contribution in [1.29, 1.82) is 0 Å². The number of para-hydroxylation sites is 1. The van der Waals surface area contributed by atoms with E-state index in [1.54, 1.807) is 4.31 Å². The molecule has 2 fully saturated rings. The topological polar surface area (TPSA) is 91.4 Å². The fourth-order valence-electron chi connectivity index (χ4n) is 8.31. The van der Waals surface area contributed by atoms with Gasteiger partial charge in [0.2, 0.25) is 10.0 Å². The molecule has 1 N–H and O–H groups in total. The summed E-state index contributed by atoms with van der Waals surface area (Å²) in [6, 6.07) is 34.5. The zero-order chi connectivity index (χ0) is 41.1. The Kier molecular flexibility index (Phi) is 14.7. The highest BCUT2D eigenvalue weighted by atomic mass is 32.2. The number of sulfonamides is 1. The van der Waals surface area contributed by atoms with Gasteiger partial charge in [-0.05, 0) is 73.6 Å². The molecule has 0 radical (unpaired) electrons. The summed E-state index contributed by atoms with van der Waals surface area (Å²) in [6.45, 7) is 19.6. The molecular formula is C47H62N4O5S. The Morgan fingerprint density at radius 1 is 0.702 bits per heavy atom. The lowest BCUT2D eigenvalue weighted by Crippen LogP contribution is -2.46. The van der Waals surface area contributed by atoms with Gasteiger partial charge in [0.1, 0.15) is 13.2 Å². The second kappa shape index (κ2) is 19.5. The van der Waals surface area contributed by atoms with Crippen LogP contribution in [0.4, 0.5) is 16.2 Å². The predicted molar refractivity (Wildman–Crippen MR) is 233 cm³/mol. The van der Waals surface area contributed by atoms with Crippen molar-refractivity contribution in [3.63, 3.8) is 0 Å². The maximum atomic E-state index is 12.4. The normalized spacial score (nSPS) is 17.0. The Morgan fingerprint density at radius 2 is 1.23 bits per heavy atom. The van der Waals surface area contributed by atoms with Crippen LogP contribution in [-0.4, -0.2) is 69.8 Å². The van der Waals surface area contributed by atoms with Gasteiger partial charge in [-0.25, -0.2) is 13.2 Å². The lowest BCUT2D eigenvalue weighted by Gasteiger charge is -2.41. The number of hydrogen-bond acceptors (Lipinski definition) is 7. The third-order valence-electron chi connectivity index (χ3n) is 11.5. The molecule has 4 aliphatic rings. The van der Waals surface area contributed by atoms with E-state index >= 15 is 0 Å². The Hall–Kier alpha value is -4.96. The molecule has 8 rings (SSSR count). The molecule has 4 aromatic rings. The second-order valence-corrected chi connectivity index (χ2v) is 16.8. The lowest BCUT2D eigenvalue weighted by molar-refractivity contribution is 0.0757. The first-order valence-corrected chi connectivity index (χ1v) is 22.4. The Labute approximate surface area is 341 Å². The molecule has 0 bridgehead atoms. The van der Waals surface area contributed by atoms with Crippen molar-refractivity contribution in [3.05, 3.63) is 143 Å². The summed E-state index contributed by atoms with van der Waals surface area (Å²) >= 11 is 0. The molecule has 4 heterocycles. The Morgan fingerprint density at radius 3 is 1.82 bits per heavy atom. The van der Waals surface area contributed by atoms with Crippen molar-refractivity contribution in [2.45, 2.75) is 84.3 Å². The van der Waals surface area contributed by atoms with E-state index in [2.05, 4.69) is 54.1 Å². The van der Waals surface area contributed by atoms with E-state index in [0.29, 0.717) is 25.6 Å². The molecule has 0 saturated carbocycles. The van der Waals surface area contributed by atoms with Crippen LogP contribution in [0, 0.1) is 6.92 Å². The van der Waals surface area contributed by atoms with Crippen LogP contribution in [-0.2, 0) is 43.5 Å². The van der Waals surface area contributed by atoms with Gasteiger partial charge in [0.05, 0.1) is 11.9 Å². The van der Waals surface area contributed by atoms with Gasteiger partial charge in [-0.1, -0.05) is 124 Å². The minimum absolute atomic E-state index is 0.138. The number of likely N-dealkylation sites (tertiary alicyclic amines) is 2. The van der Waals surface area contributed by atoms with Crippen LogP contribution in [0.2, 0.25) is 0 Å². The van der Waals surface area contributed by atoms with Gasteiger partial charge in [0.25, 0.3) is 0 Å². The maximum Gasteiger partial charge on any atom is 0.410 e. The molecule has 2 spiro atoms. The van der Waals surface area contributed by atoms with Crippen molar-refractivity contribution < 1.29 is 22.7 Å². The number of aryl methyl sites for hydroxylation is 1. The zero-order valence-corrected chi connectivity index (χ0v) is 35.6. The van der Waals surface area contributed by atoms with Crippen LogP contribution >= 0.6 is 0 Å². The molecular weight excluding hydrogens is 733 g/mol. The molecule has 0 unspecified atom stereocenters. The number of amides is 1. The largest absolute Gasteiger partial charge is 0.475 e. The molecule has 0 aromatic heterocycles. The lowest BCUT2D eigenvalue weighted by atomic mass is 9.74. The van der Waals surface area contributed by atoms with E-state index in [0.717, 1.165) is 80.8 Å². The number of hydrogen-bond donors (Lipinski definition) is 1. The van der Waals surface area contributed by atoms with E-state index < -0.39 is 10.0 Å². The number of anilines is 2. The number of carbonyl (C=O) groups excluding carboxylic acids is 1. The fraction of sp³-hybridized carbons (Fsp3) is 0.426. The Balaban J connectivity index is 0.000000203. The standard InChI is InChI=1S/C23H28N2O3S.C20H22N2O2.2C2H6/c1-18-9-10-22-21(15-18)23(17-25(22)29(3,26)27)11-13-24(14-12-23)19(2)28-16-20-7-5-4-6-8-20;23-19(24-14-16-6-2-1-3-7-16)22-12-10-20(11-13-22)15-21-18-9-5-4-8-17(18)20;2*1-2/h4-10,15H,2,11-14,16-17H2,1,3H3;1-9,21H,10-15H2;2*1-2H3. The molecule has 306 valence electrons. The average Bonchev–Trinajstić information content (AvgIpc) is 3.77. The molecule has 0 atom stereocenters. The molecule has 2 saturated heterocycles. The SMILES string of the molecule is C=C(OCc1ccccc1)N1CCC2(CC1)CN(S(C)(=O)=O)c1ccc(C)cc12.CC.CC.O=C(OCc1ccccc1)N1CCC2(CC1)CNc1ccccc12. The molecule has 10 heteroatoms. The predicted octanol–water partition coefficient (Wildman–Crippen LogP) is 9.63. The van der Waals surface area contributed by atoms with Gasteiger partial charge in [-0.3, -0.25) is 4.31 Å². The highest BCUT2D eigenvalue weighted by Gasteiger charge is 2.47. The third kappa shape index (κ3) is 10.1. The van der Waals surface area contributed by atoms with Gasteiger partial charge >= 0.3 is 6.09 Å². The maximum absolute atomic E-state index is 12.4. The summed E-state index contributed by atoms with van der Waals surface area (Å²) in [7, 11) is -3.30. The van der Waals surface area contributed by atoms with Crippen LogP contribution in [0.3, 0.4) is 0 Å². The van der Waals surface area contributed by atoms with Gasteiger partial charge < -0.3 is 24.6 Å². The quantitative estimate of drug-likeness (QED) is 0.187. The van der Waals surface area contributed by atoms with Gasteiger partial charge in [0, 0.05) is 55.8 Å². The van der Waals surface area contributed by atoms with Crippen molar-refractivity contribution in [2.75, 3.05) is 55.1 Å². The summed E-state index contributed by atoms with van der Waals surface area (Å²) in [5, 5.41) is 3.52. The van der Waals surface area contributed by atoms with Crippen LogP contribution in [0.25, 0.3) is 0 Å². The van der Waals surface area contributed by atoms with Gasteiger partial charge in [0.15, 0.2) is 5.88 Å². The van der Waals surface area contributed by atoms with Gasteiger partial charge in [-0.2, -0.15) is 0 Å². The number of fused-ring (bicyclic) bond motifs is 4. The first kappa shape index (κ1) is 43.2. The third-order valence-corrected chi connectivity index (χ3v) is 12.6. The second-order valence-electron chi connectivity index (χ2n) is 14.9. The molecule has 9 nitrogen and oxygen atoms in total.